The minimum Gasteiger partial charge on any atom is -0.508 e. The van der Waals surface area contributed by atoms with Crippen LogP contribution in [-0.2, 0) is 16.8 Å². The second kappa shape index (κ2) is 3.73. The molecule has 1 aromatic carbocycles. The fourth-order valence-electron chi connectivity index (χ4n) is 0.850. The zero-order valence-electron chi connectivity index (χ0n) is 6.77. The average Bonchev–Trinajstić information content (AvgIpc) is 2.00. The van der Waals surface area contributed by atoms with Gasteiger partial charge in [0.15, 0.2) is 0 Å². The summed E-state index contributed by atoms with van der Waals surface area (Å²) in [5.41, 5.74) is 0.647. The minimum absolute atomic E-state index is 0.0766. The lowest BCUT2D eigenvalue weighted by Gasteiger charge is -2.01. The molecule has 1 aromatic rings. The van der Waals surface area contributed by atoms with E-state index >= 15 is 0 Å². The number of hydrogen-bond acceptors (Lipinski definition) is 3. The Hall–Kier alpha value is -1.11. The molecule has 0 fully saturated rings. The third-order valence-electron chi connectivity index (χ3n) is 1.39. The third-order valence-corrected chi connectivity index (χ3v) is 1.93. The summed E-state index contributed by atoms with van der Waals surface area (Å²) in [6.07, 6.45) is 0. The van der Waals surface area contributed by atoms with E-state index in [1.807, 2.05) is 0 Å². The summed E-state index contributed by atoms with van der Waals surface area (Å²) in [6.45, 7) is 0.0766. The molecule has 0 spiro atoms. The summed E-state index contributed by atoms with van der Waals surface area (Å²) in [5, 5.41) is 13.8. The zero-order valence-corrected chi connectivity index (χ0v) is 7.58. The first-order chi connectivity index (χ1) is 5.97. The molecule has 6 heteroatoms. The highest BCUT2D eigenvalue weighted by atomic mass is 32.2. The highest BCUT2D eigenvalue weighted by Crippen LogP contribution is 2.10. The molecular formula is C7H10N2O3S. The van der Waals surface area contributed by atoms with E-state index in [0.29, 0.717) is 5.56 Å². The quantitative estimate of drug-likeness (QED) is 0.627. The van der Waals surface area contributed by atoms with Gasteiger partial charge in [0.2, 0.25) is 0 Å². The molecule has 72 valence electrons. The van der Waals surface area contributed by atoms with Crippen molar-refractivity contribution >= 4 is 10.2 Å². The van der Waals surface area contributed by atoms with Crippen molar-refractivity contribution < 1.29 is 13.5 Å². The first kappa shape index (κ1) is 9.97. The standard InChI is InChI=1S/C7H10N2O3S/c8-13(11,12)9-5-6-2-1-3-7(10)4-6/h1-4,9-10H,5H2,(H2,8,11,12). The summed E-state index contributed by atoms with van der Waals surface area (Å²) >= 11 is 0. The van der Waals surface area contributed by atoms with Gasteiger partial charge in [-0.15, -0.1) is 0 Å². The van der Waals surface area contributed by atoms with Crippen LogP contribution in [0.5, 0.6) is 5.75 Å². The van der Waals surface area contributed by atoms with Gasteiger partial charge in [0.25, 0.3) is 10.2 Å². The van der Waals surface area contributed by atoms with E-state index in [-0.39, 0.29) is 12.3 Å². The van der Waals surface area contributed by atoms with Crippen molar-refractivity contribution in [1.29, 1.82) is 0 Å². The monoisotopic (exact) mass is 202 g/mol. The van der Waals surface area contributed by atoms with Gasteiger partial charge in [-0.2, -0.15) is 13.1 Å². The molecule has 0 aromatic heterocycles. The Bertz CT molecular complexity index is 388. The first-order valence-corrected chi connectivity index (χ1v) is 5.07. The summed E-state index contributed by atoms with van der Waals surface area (Å²) in [4.78, 5) is 0. The summed E-state index contributed by atoms with van der Waals surface area (Å²) < 4.78 is 23.1. The lowest BCUT2D eigenvalue weighted by molar-refractivity contribution is 0.474. The highest BCUT2D eigenvalue weighted by Gasteiger charge is 2.01. The molecule has 0 atom stereocenters. The van der Waals surface area contributed by atoms with Crippen LogP contribution in [0.3, 0.4) is 0 Å². The molecule has 5 nitrogen and oxygen atoms in total. The van der Waals surface area contributed by atoms with Gasteiger partial charge in [-0.1, -0.05) is 12.1 Å². The lowest BCUT2D eigenvalue weighted by atomic mass is 10.2. The fraction of sp³-hybridized carbons (Fsp3) is 0.143. The zero-order chi connectivity index (χ0) is 9.90. The Morgan fingerprint density at radius 1 is 1.46 bits per heavy atom. The number of aromatic hydroxyl groups is 1. The van der Waals surface area contributed by atoms with Crippen LogP contribution in [0.1, 0.15) is 5.56 Å². The number of phenols is 1. The van der Waals surface area contributed by atoms with Crippen LogP contribution >= 0.6 is 0 Å². The molecule has 4 N–H and O–H groups in total. The van der Waals surface area contributed by atoms with Crippen molar-refractivity contribution in [3.8, 4) is 5.75 Å². The number of nitrogens with two attached hydrogens (primary N) is 1. The topological polar surface area (TPSA) is 92.4 Å². The number of benzene rings is 1. The fourth-order valence-corrected chi connectivity index (χ4v) is 1.22. The smallest absolute Gasteiger partial charge is 0.274 e. The number of rotatable bonds is 3. The maximum absolute atomic E-state index is 10.5. The maximum atomic E-state index is 10.5. The van der Waals surface area contributed by atoms with E-state index < -0.39 is 10.2 Å². The molecule has 13 heavy (non-hydrogen) atoms. The van der Waals surface area contributed by atoms with E-state index in [4.69, 9.17) is 10.2 Å². The molecule has 0 aliphatic carbocycles. The van der Waals surface area contributed by atoms with E-state index in [9.17, 15) is 8.42 Å². The van der Waals surface area contributed by atoms with Gasteiger partial charge in [-0.25, -0.2) is 5.14 Å². The largest absolute Gasteiger partial charge is 0.508 e. The second-order valence-corrected chi connectivity index (χ2v) is 3.91. The normalized spacial score (nSPS) is 11.5. The summed E-state index contributed by atoms with van der Waals surface area (Å²) in [6, 6.07) is 6.26. The molecule has 0 aliphatic heterocycles. The van der Waals surface area contributed by atoms with E-state index in [2.05, 4.69) is 4.72 Å². The summed E-state index contributed by atoms with van der Waals surface area (Å²) in [5.74, 6) is 0.0914. The van der Waals surface area contributed by atoms with Crippen LogP contribution in [-0.4, -0.2) is 13.5 Å². The van der Waals surface area contributed by atoms with Gasteiger partial charge in [0.05, 0.1) is 0 Å². The number of nitrogens with one attached hydrogen (secondary N) is 1. The SMILES string of the molecule is NS(=O)(=O)NCc1cccc(O)c1. The summed E-state index contributed by atoms with van der Waals surface area (Å²) in [7, 11) is -3.67. The van der Waals surface area contributed by atoms with Gasteiger partial charge < -0.3 is 5.11 Å². The molecule has 0 bridgehead atoms. The predicted octanol–water partition coefficient (Wildman–Crippen LogP) is -0.315. The first-order valence-electron chi connectivity index (χ1n) is 3.53. The van der Waals surface area contributed by atoms with Crippen molar-refractivity contribution in [2.45, 2.75) is 6.54 Å². The van der Waals surface area contributed by atoms with Crippen molar-refractivity contribution in [3.05, 3.63) is 29.8 Å². The molecule has 0 unspecified atom stereocenters. The van der Waals surface area contributed by atoms with Crippen LogP contribution in [0, 0.1) is 0 Å². The van der Waals surface area contributed by atoms with Crippen molar-refractivity contribution in [1.82, 2.24) is 4.72 Å². The average molecular weight is 202 g/mol. The number of hydrogen-bond donors (Lipinski definition) is 3. The van der Waals surface area contributed by atoms with Crippen molar-refractivity contribution in [3.63, 3.8) is 0 Å². The van der Waals surface area contributed by atoms with Gasteiger partial charge in [-0.3, -0.25) is 0 Å². The van der Waals surface area contributed by atoms with Crippen molar-refractivity contribution in [2.24, 2.45) is 5.14 Å². The van der Waals surface area contributed by atoms with Crippen LogP contribution in [0.2, 0.25) is 0 Å². The third kappa shape index (κ3) is 3.88. The molecule has 0 radical (unpaired) electrons. The molecule has 0 saturated heterocycles. The van der Waals surface area contributed by atoms with Crippen LogP contribution < -0.4 is 9.86 Å². The van der Waals surface area contributed by atoms with Gasteiger partial charge in [0.1, 0.15) is 5.75 Å². The molecular weight excluding hydrogens is 192 g/mol. The van der Waals surface area contributed by atoms with Crippen molar-refractivity contribution in [2.75, 3.05) is 0 Å². The highest BCUT2D eigenvalue weighted by molar-refractivity contribution is 7.87. The van der Waals surface area contributed by atoms with Crippen LogP contribution in [0.4, 0.5) is 0 Å². The predicted molar refractivity (Wildman–Crippen MR) is 48.1 cm³/mol. The Labute approximate surface area is 76.4 Å². The van der Waals surface area contributed by atoms with E-state index in [1.54, 1.807) is 12.1 Å². The lowest BCUT2D eigenvalue weighted by Crippen LogP contribution is -2.30. The molecule has 0 aliphatic rings. The van der Waals surface area contributed by atoms with E-state index in [1.165, 1.54) is 12.1 Å². The van der Waals surface area contributed by atoms with Gasteiger partial charge in [-0.05, 0) is 17.7 Å². The number of phenolic OH excluding ortho intramolecular Hbond substituents is 1. The second-order valence-electron chi connectivity index (χ2n) is 2.54. The molecule has 0 amide bonds. The Morgan fingerprint density at radius 2 is 2.15 bits per heavy atom. The van der Waals surface area contributed by atoms with Crippen LogP contribution in [0.15, 0.2) is 24.3 Å². The Kier molecular flexibility index (Phi) is 2.86. The van der Waals surface area contributed by atoms with Gasteiger partial charge >= 0.3 is 0 Å². The maximum Gasteiger partial charge on any atom is 0.274 e. The van der Waals surface area contributed by atoms with Crippen LogP contribution in [0.25, 0.3) is 0 Å². The van der Waals surface area contributed by atoms with Gasteiger partial charge in [0, 0.05) is 6.54 Å². The Balaban J connectivity index is 2.65. The Morgan fingerprint density at radius 3 is 2.69 bits per heavy atom. The molecule has 0 saturated carbocycles. The van der Waals surface area contributed by atoms with E-state index in [0.717, 1.165) is 0 Å². The molecule has 1 rings (SSSR count). The minimum atomic E-state index is -3.67. The molecule has 0 heterocycles.